The molecule has 0 amide bonds. The van der Waals surface area contributed by atoms with Gasteiger partial charge in [0.15, 0.2) is 0 Å². The number of rotatable bonds is 7. The molecule has 1 atom stereocenters. The van der Waals surface area contributed by atoms with Gasteiger partial charge in [0.25, 0.3) is 0 Å². The molecule has 1 fully saturated rings. The van der Waals surface area contributed by atoms with Crippen molar-refractivity contribution in [3.63, 3.8) is 0 Å². The minimum Gasteiger partial charge on any atom is -0.508 e. The van der Waals surface area contributed by atoms with Gasteiger partial charge in [-0.05, 0) is 38.4 Å². The van der Waals surface area contributed by atoms with Crippen molar-refractivity contribution in [1.82, 2.24) is 10.2 Å². The Bertz CT molecular complexity index is 417. The predicted molar refractivity (Wildman–Crippen MR) is 81.0 cm³/mol. The highest BCUT2D eigenvalue weighted by molar-refractivity contribution is 5.38. The lowest BCUT2D eigenvalue weighted by atomic mass is 10.1. The molecule has 4 nitrogen and oxygen atoms in total. The molecule has 20 heavy (non-hydrogen) atoms. The summed E-state index contributed by atoms with van der Waals surface area (Å²) in [5.41, 5.74) is 0.886. The number of phenolic OH excluding ortho intramolecular Hbond substituents is 2. The first-order valence-electron chi connectivity index (χ1n) is 7.65. The number of nitrogens with zero attached hydrogens (tertiary/aromatic N) is 1. The van der Waals surface area contributed by atoms with Crippen molar-refractivity contribution in [3.8, 4) is 11.5 Å². The number of hydrogen-bond donors (Lipinski definition) is 3. The maximum atomic E-state index is 9.92. The van der Waals surface area contributed by atoms with E-state index in [9.17, 15) is 10.2 Å². The van der Waals surface area contributed by atoms with E-state index >= 15 is 0 Å². The fourth-order valence-electron chi connectivity index (χ4n) is 2.77. The maximum absolute atomic E-state index is 9.92. The second-order valence-corrected chi connectivity index (χ2v) is 5.69. The summed E-state index contributed by atoms with van der Waals surface area (Å²) in [6.45, 7) is 6.14. The van der Waals surface area contributed by atoms with E-state index < -0.39 is 0 Å². The molecule has 1 aliphatic heterocycles. The summed E-state index contributed by atoms with van der Waals surface area (Å²) in [4.78, 5) is 2.40. The van der Waals surface area contributed by atoms with Gasteiger partial charge in [0.05, 0.1) is 0 Å². The zero-order valence-corrected chi connectivity index (χ0v) is 12.3. The van der Waals surface area contributed by atoms with Gasteiger partial charge in [0.1, 0.15) is 11.5 Å². The lowest BCUT2D eigenvalue weighted by Gasteiger charge is -2.26. The standard InChI is InChI=1S/C16H26N2O2/c1-2-3-9-18(12-14-5-4-8-17-14)11-13-6-7-15(19)10-16(13)20/h6-7,10,14,17,19-20H,2-5,8-9,11-12H2,1H3. The van der Waals surface area contributed by atoms with E-state index in [4.69, 9.17) is 0 Å². The van der Waals surface area contributed by atoms with Gasteiger partial charge < -0.3 is 15.5 Å². The molecule has 0 aliphatic carbocycles. The Hall–Kier alpha value is -1.26. The molecule has 0 radical (unpaired) electrons. The molecule has 1 aromatic carbocycles. The third kappa shape index (κ3) is 4.39. The summed E-state index contributed by atoms with van der Waals surface area (Å²) in [7, 11) is 0. The van der Waals surface area contributed by atoms with E-state index in [1.807, 2.05) is 6.07 Å². The summed E-state index contributed by atoms with van der Waals surface area (Å²) in [5.74, 6) is 0.301. The number of phenols is 2. The van der Waals surface area contributed by atoms with E-state index in [-0.39, 0.29) is 11.5 Å². The molecule has 1 heterocycles. The molecule has 0 bridgehead atoms. The zero-order valence-electron chi connectivity index (χ0n) is 12.3. The molecule has 4 heteroatoms. The van der Waals surface area contributed by atoms with Crippen LogP contribution in [0.2, 0.25) is 0 Å². The second kappa shape index (κ2) is 7.50. The highest BCUT2D eigenvalue weighted by atomic mass is 16.3. The van der Waals surface area contributed by atoms with Crippen LogP contribution in [0.25, 0.3) is 0 Å². The first kappa shape index (κ1) is 15.1. The monoisotopic (exact) mass is 278 g/mol. The van der Waals surface area contributed by atoms with Crippen molar-refractivity contribution in [1.29, 1.82) is 0 Å². The Morgan fingerprint density at radius 3 is 2.85 bits per heavy atom. The average Bonchev–Trinajstić information content (AvgIpc) is 2.92. The highest BCUT2D eigenvalue weighted by Crippen LogP contribution is 2.24. The molecule has 2 rings (SSSR count). The van der Waals surface area contributed by atoms with Gasteiger partial charge in [-0.15, -0.1) is 0 Å². The van der Waals surface area contributed by atoms with Crippen molar-refractivity contribution in [2.75, 3.05) is 19.6 Å². The predicted octanol–water partition coefficient (Wildman–Crippen LogP) is 2.45. The van der Waals surface area contributed by atoms with Gasteiger partial charge in [-0.25, -0.2) is 0 Å². The van der Waals surface area contributed by atoms with Crippen molar-refractivity contribution in [2.24, 2.45) is 0 Å². The van der Waals surface area contributed by atoms with E-state index in [1.54, 1.807) is 6.07 Å². The molecule has 0 spiro atoms. The fraction of sp³-hybridized carbons (Fsp3) is 0.625. The lowest BCUT2D eigenvalue weighted by molar-refractivity contribution is 0.235. The van der Waals surface area contributed by atoms with Crippen molar-refractivity contribution >= 4 is 0 Å². The molecule has 1 unspecified atom stereocenters. The number of aromatic hydroxyl groups is 2. The minimum absolute atomic E-state index is 0.115. The van der Waals surface area contributed by atoms with Crippen LogP contribution in [0.15, 0.2) is 18.2 Å². The molecule has 0 aromatic heterocycles. The van der Waals surface area contributed by atoms with Crippen molar-refractivity contribution < 1.29 is 10.2 Å². The molecule has 1 saturated heterocycles. The van der Waals surface area contributed by atoms with Gasteiger partial charge in [-0.2, -0.15) is 0 Å². The van der Waals surface area contributed by atoms with Gasteiger partial charge in [-0.1, -0.05) is 19.4 Å². The molecule has 1 aliphatic rings. The summed E-state index contributed by atoms with van der Waals surface area (Å²) < 4.78 is 0. The summed E-state index contributed by atoms with van der Waals surface area (Å²) in [6.07, 6.45) is 4.85. The van der Waals surface area contributed by atoms with Crippen LogP contribution in [0, 0.1) is 0 Å². The smallest absolute Gasteiger partial charge is 0.123 e. The number of hydrogen-bond acceptors (Lipinski definition) is 4. The molecule has 0 saturated carbocycles. The van der Waals surface area contributed by atoms with E-state index in [0.29, 0.717) is 6.04 Å². The Kier molecular flexibility index (Phi) is 5.68. The Morgan fingerprint density at radius 2 is 2.20 bits per heavy atom. The lowest BCUT2D eigenvalue weighted by Crippen LogP contribution is -2.37. The van der Waals surface area contributed by atoms with Crippen LogP contribution in [0.3, 0.4) is 0 Å². The maximum Gasteiger partial charge on any atom is 0.123 e. The van der Waals surface area contributed by atoms with Gasteiger partial charge in [-0.3, -0.25) is 4.90 Å². The average molecular weight is 278 g/mol. The highest BCUT2D eigenvalue weighted by Gasteiger charge is 2.18. The zero-order chi connectivity index (χ0) is 14.4. The van der Waals surface area contributed by atoms with Crippen LogP contribution in [0.1, 0.15) is 38.2 Å². The Balaban J connectivity index is 1.97. The van der Waals surface area contributed by atoms with Gasteiger partial charge in [0.2, 0.25) is 0 Å². The van der Waals surface area contributed by atoms with Crippen LogP contribution in [-0.2, 0) is 6.54 Å². The van der Waals surface area contributed by atoms with Gasteiger partial charge >= 0.3 is 0 Å². The van der Waals surface area contributed by atoms with E-state index in [0.717, 1.165) is 31.7 Å². The molecule has 3 N–H and O–H groups in total. The number of nitrogens with one attached hydrogen (secondary N) is 1. The minimum atomic E-state index is 0.115. The topological polar surface area (TPSA) is 55.7 Å². The van der Waals surface area contributed by atoms with Crippen LogP contribution in [0.4, 0.5) is 0 Å². The van der Waals surface area contributed by atoms with Crippen LogP contribution in [0.5, 0.6) is 11.5 Å². The molecular weight excluding hydrogens is 252 g/mol. The Labute approximate surface area is 121 Å². The molecule has 112 valence electrons. The van der Waals surface area contributed by atoms with Crippen LogP contribution in [-0.4, -0.2) is 40.8 Å². The third-order valence-electron chi connectivity index (χ3n) is 3.93. The molecular formula is C16H26N2O2. The number of benzene rings is 1. The normalized spacial score (nSPS) is 18.8. The van der Waals surface area contributed by atoms with Crippen LogP contribution < -0.4 is 5.32 Å². The fourth-order valence-corrected chi connectivity index (χ4v) is 2.77. The quantitative estimate of drug-likeness (QED) is 0.717. The first-order valence-corrected chi connectivity index (χ1v) is 7.65. The Morgan fingerprint density at radius 1 is 1.35 bits per heavy atom. The largest absolute Gasteiger partial charge is 0.508 e. The summed E-state index contributed by atoms with van der Waals surface area (Å²) in [5, 5.41) is 22.8. The second-order valence-electron chi connectivity index (χ2n) is 5.69. The molecule has 1 aromatic rings. The SMILES string of the molecule is CCCCN(Cc1ccc(O)cc1O)CC1CCCN1. The third-order valence-corrected chi connectivity index (χ3v) is 3.93. The van der Waals surface area contributed by atoms with Crippen molar-refractivity contribution in [3.05, 3.63) is 23.8 Å². The van der Waals surface area contributed by atoms with Crippen LogP contribution >= 0.6 is 0 Å². The first-order chi connectivity index (χ1) is 9.69. The summed E-state index contributed by atoms with van der Waals surface area (Å²) in [6, 6.07) is 5.44. The number of unbranched alkanes of at least 4 members (excludes halogenated alkanes) is 1. The van der Waals surface area contributed by atoms with Crippen molar-refractivity contribution in [2.45, 2.75) is 45.2 Å². The van der Waals surface area contributed by atoms with Gasteiger partial charge in [0, 0.05) is 30.8 Å². The van der Waals surface area contributed by atoms with E-state index in [1.165, 1.54) is 31.7 Å². The van der Waals surface area contributed by atoms with E-state index in [2.05, 4.69) is 17.1 Å². The summed E-state index contributed by atoms with van der Waals surface area (Å²) >= 11 is 0.